The topological polar surface area (TPSA) is 77.8 Å². The Morgan fingerprint density at radius 3 is 2.26 bits per heavy atom. The quantitative estimate of drug-likeness (QED) is 0.418. The van der Waals surface area contributed by atoms with Gasteiger partial charge in [-0.3, -0.25) is 4.79 Å². The minimum Gasteiger partial charge on any atom is -0.481 e. The van der Waals surface area contributed by atoms with Crippen LogP contribution in [-0.2, 0) is 4.79 Å². The zero-order valence-electron chi connectivity index (χ0n) is 22.4. The highest BCUT2D eigenvalue weighted by Gasteiger charge is 2.68. The number of carboxylic acids is 1. The Hall–Kier alpha value is -0.870. The minimum atomic E-state index is -0.626. The first-order chi connectivity index (χ1) is 15.7. The number of hydrogen-bond donors (Lipinski definition) is 3. The van der Waals surface area contributed by atoms with Crippen molar-refractivity contribution in [3.8, 4) is 0 Å². The van der Waals surface area contributed by atoms with Crippen molar-refractivity contribution in [2.45, 2.75) is 112 Å². The van der Waals surface area contributed by atoms with Gasteiger partial charge in [-0.25, -0.2) is 0 Å². The standard InChI is InChI=1S/C30H48O4/c1-25-13-14-26(2,24(33)34)17-20(25)19-7-8-22-27(3)11-10-23(32)28(4,18-31)21(27)9-12-30(22,6)29(19,5)16-15-25/h7,20-23,31-32H,8-18H2,1-6H3,(H,33,34)/t20-,21?,22-,23-,25-,26?,27+,28?,29-,30-/m1/s1. The maximum absolute atomic E-state index is 12.2. The van der Waals surface area contributed by atoms with Crippen LogP contribution in [0.2, 0.25) is 0 Å². The van der Waals surface area contributed by atoms with Crippen molar-refractivity contribution in [1.29, 1.82) is 0 Å². The molecule has 0 aromatic rings. The zero-order valence-corrected chi connectivity index (χ0v) is 22.4. The second-order valence-electron chi connectivity index (χ2n) is 14.8. The summed E-state index contributed by atoms with van der Waals surface area (Å²) in [6, 6.07) is 0. The van der Waals surface area contributed by atoms with Gasteiger partial charge < -0.3 is 15.3 Å². The van der Waals surface area contributed by atoms with Gasteiger partial charge in [0.2, 0.25) is 0 Å². The summed E-state index contributed by atoms with van der Waals surface area (Å²) in [5.41, 5.74) is 1.13. The van der Waals surface area contributed by atoms with E-state index in [0.717, 1.165) is 51.4 Å². The van der Waals surface area contributed by atoms with E-state index in [1.54, 1.807) is 5.57 Å². The molecular weight excluding hydrogens is 424 g/mol. The van der Waals surface area contributed by atoms with Crippen molar-refractivity contribution >= 4 is 5.97 Å². The number of aliphatic hydroxyl groups is 2. The van der Waals surface area contributed by atoms with Crippen molar-refractivity contribution in [3.05, 3.63) is 11.6 Å². The van der Waals surface area contributed by atoms with Crippen LogP contribution >= 0.6 is 0 Å². The molecule has 0 aliphatic heterocycles. The molecule has 5 aliphatic rings. The van der Waals surface area contributed by atoms with E-state index in [1.165, 1.54) is 12.8 Å². The van der Waals surface area contributed by atoms with Crippen LogP contribution in [0.1, 0.15) is 106 Å². The molecule has 0 radical (unpaired) electrons. The van der Waals surface area contributed by atoms with Crippen molar-refractivity contribution in [1.82, 2.24) is 0 Å². The van der Waals surface area contributed by atoms with E-state index in [0.29, 0.717) is 17.8 Å². The second kappa shape index (κ2) is 7.34. The summed E-state index contributed by atoms with van der Waals surface area (Å²) < 4.78 is 0. The highest BCUT2D eigenvalue weighted by atomic mass is 16.4. The lowest BCUT2D eigenvalue weighted by molar-refractivity contribution is -0.215. The van der Waals surface area contributed by atoms with Crippen LogP contribution in [0.5, 0.6) is 0 Å². The molecule has 0 bridgehead atoms. The van der Waals surface area contributed by atoms with Crippen molar-refractivity contribution < 1.29 is 20.1 Å². The van der Waals surface area contributed by atoms with Gasteiger partial charge >= 0.3 is 5.97 Å². The average molecular weight is 473 g/mol. The molecule has 10 atom stereocenters. The third-order valence-electron chi connectivity index (χ3n) is 13.5. The molecule has 34 heavy (non-hydrogen) atoms. The molecule has 4 nitrogen and oxygen atoms in total. The van der Waals surface area contributed by atoms with E-state index >= 15 is 0 Å². The fraction of sp³-hybridized carbons (Fsp3) is 0.900. The highest BCUT2D eigenvalue weighted by Crippen LogP contribution is 2.75. The molecule has 5 rings (SSSR count). The maximum Gasteiger partial charge on any atom is 0.309 e. The molecule has 192 valence electrons. The lowest BCUT2D eigenvalue weighted by atomic mass is 9.33. The van der Waals surface area contributed by atoms with Gasteiger partial charge in [-0.15, -0.1) is 0 Å². The molecule has 0 saturated heterocycles. The van der Waals surface area contributed by atoms with Crippen LogP contribution in [0.4, 0.5) is 0 Å². The van der Waals surface area contributed by atoms with E-state index in [1.807, 2.05) is 6.92 Å². The summed E-state index contributed by atoms with van der Waals surface area (Å²) in [7, 11) is 0. The van der Waals surface area contributed by atoms with Crippen LogP contribution in [0.3, 0.4) is 0 Å². The molecular formula is C30H48O4. The van der Waals surface area contributed by atoms with E-state index in [-0.39, 0.29) is 28.3 Å². The first-order valence-corrected chi connectivity index (χ1v) is 13.9. The number of carboxylic acid groups (broad SMARTS) is 1. The molecule has 3 unspecified atom stereocenters. The summed E-state index contributed by atoms with van der Waals surface area (Å²) in [5, 5.41) is 31.4. The highest BCUT2D eigenvalue weighted by molar-refractivity contribution is 5.74. The summed E-state index contributed by atoms with van der Waals surface area (Å²) in [6.45, 7) is 14.1. The van der Waals surface area contributed by atoms with Crippen LogP contribution in [0.25, 0.3) is 0 Å². The molecule has 4 fully saturated rings. The smallest absolute Gasteiger partial charge is 0.309 e. The van der Waals surface area contributed by atoms with Crippen LogP contribution in [0, 0.1) is 50.2 Å². The summed E-state index contributed by atoms with van der Waals surface area (Å²) in [4.78, 5) is 12.2. The molecule has 0 amide bonds. The first kappa shape index (κ1) is 24.8. The summed E-state index contributed by atoms with van der Waals surface area (Å²) in [6.07, 6.45) is 12.2. The van der Waals surface area contributed by atoms with Gasteiger partial charge in [-0.2, -0.15) is 0 Å². The fourth-order valence-corrected chi connectivity index (χ4v) is 10.6. The number of carbonyl (C=O) groups is 1. The minimum absolute atomic E-state index is 0.0599. The SMILES string of the molecule is CC1(C(=O)O)CC[C@]2(C)CC[C@]3(C)C(=CC[C@@H]4[C@@]5(C)CC[C@@H](O)C(C)(CO)C5CC[C@]43C)[C@H]2C1. The Kier molecular flexibility index (Phi) is 5.36. The van der Waals surface area contributed by atoms with Gasteiger partial charge in [0.15, 0.2) is 0 Å². The Morgan fingerprint density at radius 1 is 0.941 bits per heavy atom. The van der Waals surface area contributed by atoms with E-state index < -0.39 is 22.9 Å². The number of aliphatic carboxylic acids is 1. The predicted molar refractivity (Wildman–Crippen MR) is 134 cm³/mol. The van der Waals surface area contributed by atoms with Gasteiger partial charge in [0.25, 0.3) is 0 Å². The van der Waals surface area contributed by atoms with Gasteiger partial charge in [-0.1, -0.05) is 46.3 Å². The Labute approximate surface area is 206 Å². The maximum atomic E-state index is 12.2. The largest absolute Gasteiger partial charge is 0.481 e. The Morgan fingerprint density at radius 2 is 1.62 bits per heavy atom. The third kappa shape index (κ3) is 2.88. The van der Waals surface area contributed by atoms with Gasteiger partial charge in [0.05, 0.1) is 18.1 Å². The van der Waals surface area contributed by atoms with Gasteiger partial charge in [0, 0.05) is 5.41 Å². The second-order valence-corrected chi connectivity index (χ2v) is 14.8. The average Bonchev–Trinajstić information content (AvgIpc) is 2.78. The molecule has 4 heteroatoms. The van der Waals surface area contributed by atoms with Crippen molar-refractivity contribution in [2.75, 3.05) is 6.61 Å². The molecule has 0 aromatic carbocycles. The predicted octanol–water partition coefficient (Wildman–Crippen LogP) is 6.21. The van der Waals surface area contributed by atoms with Crippen molar-refractivity contribution in [3.63, 3.8) is 0 Å². The lowest BCUT2D eigenvalue weighted by Gasteiger charge is -2.71. The Bertz CT molecular complexity index is 911. The molecule has 4 saturated carbocycles. The fourth-order valence-electron chi connectivity index (χ4n) is 10.6. The molecule has 3 N–H and O–H groups in total. The van der Waals surface area contributed by atoms with E-state index in [2.05, 4.69) is 40.7 Å². The van der Waals surface area contributed by atoms with Crippen LogP contribution < -0.4 is 0 Å². The Balaban J connectivity index is 1.57. The molecule has 0 aromatic heterocycles. The van der Waals surface area contributed by atoms with Crippen molar-refractivity contribution in [2.24, 2.45) is 50.2 Å². The van der Waals surface area contributed by atoms with Crippen LogP contribution in [0.15, 0.2) is 11.6 Å². The number of hydrogen-bond acceptors (Lipinski definition) is 3. The summed E-state index contributed by atoms with van der Waals surface area (Å²) in [5.74, 6) is 0.605. The third-order valence-corrected chi connectivity index (χ3v) is 13.5. The number of aliphatic hydroxyl groups excluding tert-OH is 2. The molecule has 0 spiro atoms. The molecule has 5 aliphatic carbocycles. The number of fused-ring (bicyclic) bond motifs is 7. The molecule has 0 heterocycles. The van der Waals surface area contributed by atoms with Crippen LogP contribution in [-0.4, -0.2) is 34.0 Å². The van der Waals surface area contributed by atoms with E-state index in [9.17, 15) is 20.1 Å². The lowest BCUT2D eigenvalue weighted by Crippen LogP contribution is -2.65. The summed E-state index contributed by atoms with van der Waals surface area (Å²) >= 11 is 0. The van der Waals surface area contributed by atoms with Gasteiger partial charge in [0.1, 0.15) is 0 Å². The number of rotatable bonds is 2. The first-order valence-electron chi connectivity index (χ1n) is 13.9. The normalized spacial score (nSPS) is 56.9. The van der Waals surface area contributed by atoms with E-state index in [4.69, 9.17) is 0 Å². The van der Waals surface area contributed by atoms with Gasteiger partial charge in [-0.05, 0) is 111 Å². The monoisotopic (exact) mass is 472 g/mol. The zero-order chi connectivity index (χ0) is 24.9. The number of allylic oxidation sites excluding steroid dienone is 2.